The van der Waals surface area contributed by atoms with Crippen molar-refractivity contribution in [2.24, 2.45) is 0 Å². The number of rotatable bonds is 4. The molecule has 4 rings (SSSR count). The lowest BCUT2D eigenvalue weighted by molar-refractivity contribution is 0.153. The quantitative estimate of drug-likeness (QED) is 0.423. The number of hydrogen-bond donors (Lipinski definition) is 0. The largest absolute Gasteiger partial charge is 0.307 e. The van der Waals surface area contributed by atoms with E-state index in [1.54, 1.807) is 24.3 Å². The summed E-state index contributed by atoms with van der Waals surface area (Å²) in [6, 6.07) is 22.9. The predicted molar refractivity (Wildman–Crippen MR) is 116 cm³/mol. The summed E-state index contributed by atoms with van der Waals surface area (Å²) in [6.45, 7) is 3.77. The van der Waals surface area contributed by atoms with Crippen molar-refractivity contribution >= 4 is 34.1 Å². The summed E-state index contributed by atoms with van der Waals surface area (Å²) in [4.78, 5) is 4.63. The monoisotopic (exact) mass is 407 g/mol. The predicted octanol–water partition coefficient (Wildman–Crippen LogP) is 5.43. The van der Waals surface area contributed by atoms with Crippen LogP contribution < -0.4 is 16.0 Å². The Hall–Kier alpha value is -2.84. The van der Waals surface area contributed by atoms with Crippen molar-refractivity contribution in [2.45, 2.75) is 20.3 Å². The van der Waals surface area contributed by atoms with Crippen molar-refractivity contribution in [3.8, 4) is 0 Å². The lowest BCUT2D eigenvalue weighted by Gasteiger charge is -2.23. The number of halogens is 2. The van der Waals surface area contributed by atoms with Gasteiger partial charge >= 0.3 is 0 Å². The topological polar surface area (TPSA) is 30.0 Å². The first-order chi connectivity index (χ1) is 13.9. The molecule has 0 saturated carbocycles. The van der Waals surface area contributed by atoms with Crippen molar-refractivity contribution in [1.29, 1.82) is 0 Å². The van der Waals surface area contributed by atoms with Gasteiger partial charge in [0.2, 0.25) is 0 Å². The molecule has 29 heavy (non-hydrogen) atoms. The molecule has 146 valence electrons. The molecule has 3 aromatic carbocycles. The van der Waals surface area contributed by atoms with Crippen LogP contribution in [0.1, 0.15) is 23.1 Å². The molecule has 1 heterocycles. The fourth-order valence-electron chi connectivity index (χ4n) is 3.74. The number of aryl methyl sites for hydroxylation is 2. The molecule has 0 aliphatic carbocycles. The van der Waals surface area contributed by atoms with Crippen LogP contribution in [0.25, 0.3) is 10.9 Å². The van der Waals surface area contributed by atoms with Crippen LogP contribution in [0.15, 0.2) is 78.9 Å². The third-order valence-electron chi connectivity index (χ3n) is 5.20. The molecular weight excluding hydrogens is 387 g/mol. The zero-order valence-corrected chi connectivity index (χ0v) is 17.0. The van der Waals surface area contributed by atoms with Gasteiger partial charge < -0.3 is 4.57 Å². The van der Waals surface area contributed by atoms with E-state index in [2.05, 4.69) is 4.98 Å². The van der Waals surface area contributed by atoms with Gasteiger partial charge in [0.1, 0.15) is 5.44 Å². The van der Waals surface area contributed by atoms with Gasteiger partial charge in [-0.2, -0.15) is 0 Å². The summed E-state index contributed by atoms with van der Waals surface area (Å²) >= 11 is 0. The Labute approximate surface area is 168 Å². The maximum absolute atomic E-state index is 14.8. The van der Waals surface area contributed by atoms with Gasteiger partial charge in [-0.05, 0) is 37.1 Å². The number of benzene rings is 3. The molecule has 0 saturated heterocycles. The second-order valence-electron chi connectivity index (χ2n) is 7.07. The highest BCUT2D eigenvalue weighted by molar-refractivity contribution is 7.85. The molecule has 0 amide bonds. The molecule has 2 nitrogen and oxygen atoms in total. The minimum Gasteiger partial charge on any atom is -0.307 e. The molecule has 0 aliphatic rings. The zero-order chi connectivity index (χ0) is 20.6. The average molecular weight is 407 g/mol. The lowest BCUT2D eigenvalue weighted by atomic mass is 10.1. The highest BCUT2D eigenvalue weighted by Gasteiger charge is 2.35. The SMILES string of the molecule is Cc1ccccc1P(=O)(c1cc(C(F)F)c2ccccc2n1)c1ccccc1C. The van der Waals surface area contributed by atoms with Crippen LogP contribution >= 0.6 is 7.14 Å². The Balaban J connectivity index is 2.13. The molecule has 4 aromatic rings. The van der Waals surface area contributed by atoms with Gasteiger partial charge in [-0.1, -0.05) is 66.7 Å². The van der Waals surface area contributed by atoms with Crippen LogP contribution in [0.3, 0.4) is 0 Å². The van der Waals surface area contributed by atoms with E-state index >= 15 is 0 Å². The molecule has 1 aromatic heterocycles. The van der Waals surface area contributed by atoms with Crippen LogP contribution in [0.4, 0.5) is 8.78 Å². The first-order valence-electron chi connectivity index (χ1n) is 9.34. The van der Waals surface area contributed by atoms with Crippen molar-refractivity contribution in [3.05, 3.63) is 95.6 Å². The Morgan fingerprint density at radius 1 is 0.793 bits per heavy atom. The zero-order valence-electron chi connectivity index (χ0n) is 16.1. The Kier molecular flexibility index (Phi) is 5.06. The maximum atomic E-state index is 14.8. The molecule has 0 aliphatic heterocycles. The van der Waals surface area contributed by atoms with E-state index in [1.807, 2.05) is 62.4 Å². The molecule has 0 N–H and O–H groups in total. The number of para-hydroxylation sites is 1. The van der Waals surface area contributed by atoms with Gasteiger partial charge in [0.25, 0.3) is 6.43 Å². The minimum atomic E-state index is -3.47. The summed E-state index contributed by atoms with van der Waals surface area (Å²) in [5.74, 6) is 0. The fourth-order valence-corrected chi connectivity index (χ4v) is 6.80. The molecule has 0 atom stereocenters. The highest BCUT2D eigenvalue weighted by atomic mass is 31.2. The van der Waals surface area contributed by atoms with Crippen molar-refractivity contribution in [3.63, 3.8) is 0 Å². The van der Waals surface area contributed by atoms with Crippen molar-refractivity contribution in [1.82, 2.24) is 4.98 Å². The van der Waals surface area contributed by atoms with Crippen LogP contribution in [0, 0.1) is 13.8 Å². The smallest absolute Gasteiger partial charge is 0.264 e. The van der Waals surface area contributed by atoms with Gasteiger partial charge in [-0.15, -0.1) is 0 Å². The van der Waals surface area contributed by atoms with Gasteiger partial charge in [0.15, 0.2) is 7.14 Å². The Bertz CT molecular complexity index is 1200. The van der Waals surface area contributed by atoms with E-state index in [-0.39, 0.29) is 11.0 Å². The lowest BCUT2D eigenvalue weighted by Crippen LogP contribution is -2.30. The van der Waals surface area contributed by atoms with Crippen LogP contribution in [-0.2, 0) is 4.57 Å². The molecule has 0 spiro atoms. The summed E-state index contributed by atoms with van der Waals surface area (Å²) in [5.41, 5.74) is 2.14. The molecule has 0 radical (unpaired) electrons. The van der Waals surface area contributed by atoms with Gasteiger partial charge in [-0.25, -0.2) is 13.8 Å². The molecule has 0 unspecified atom stereocenters. The number of aromatic nitrogens is 1. The number of nitrogens with zero attached hydrogens (tertiary/aromatic N) is 1. The van der Waals surface area contributed by atoms with Gasteiger partial charge in [0, 0.05) is 21.6 Å². The average Bonchev–Trinajstić information content (AvgIpc) is 2.73. The molecule has 0 bridgehead atoms. The highest BCUT2D eigenvalue weighted by Crippen LogP contribution is 2.44. The summed E-state index contributed by atoms with van der Waals surface area (Å²) in [6.07, 6.45) is -2.69. The van der Waals surface area contributed by atoms with E-state index in [1.165, 1.54) is 6.07 Å². The molecule has 5 heteroatoms. The van der Waals surface area contributed by atoms with Gasteiger partial charge in [-0.3, -0.25) is 0 Å². The van der Waals surface area contributed by atoms with Crippen LogP contribution in [-0.4, -0.2) is 4.98 Å². The van der Waals surface area contributed by atoms with Crippen molar-refractivity contribution < 1.29 is 13.3 Å². The number of pyridine rings is 1. The normalized spacial score (nSPS) is 11.9. The summed E-state index contributed by atoms with van der Waals surface area (Å²) in [7, 11) is -3.47. The molecule has 0 fully saturated rings. The maximum Gasteiger partial charge on any atom is 0.264 e. The van der Waals surface area contributed by atoms with E-state index in [0.29, 0.717) is 21.5 Å². The van der Waals surface area contributed by atoms with E-state index in [0.717, 1.165) is 11.1 Å². The van der Waals surface area contributed by atoms with Crippen molar-refractivity contribution in [2.75, 3.05) is 0 Å². The summed E-state index contributed by atoms with van der Waals surface area (Å²) < 4.78 is 42.6. The van der Waals surface area contributed by atoms with Gasteiger partial charge in [0.05, 0.1) is 5.52 Å². The van der Waals surface area contributed by atoms with E-state index in [4.69, 9.17) is 0 Å². The number of alkyl halides is 2. The standard InChI is InChI=1S/C24H20F2NOP/c1-16-9-3-7-13-21(16)29(28,22-14-8-4-10-17(22)2)23-15-19(24(25)26)18-11-5-6-12-20(18)27-23/h3-15,24H,1-2H3. The first-order valence-corrected chi connectivity index (χ1v) is 11.0. The Morgan fingerprint density at radius 3 is 1.86 bits per heavy atom. The van der Waals surface area contributed by atoms with E-state index in [9.17, 15) is 13.3 Å². The minimum absolute atomic E-state index is 0.145. The van der Waals surface area contributed by atoms with Crippen LogP contribution in [0.2, 0.25) is 0 Å². The molecular formula is C24H20F2NOP. The summed E-state index contributed by atoms with van der Waals surface area (Å²) in [5, 5.41) is 1.63. The Morgan fingerprint density at radius 2 is 1.31 bits per heavy atom. The first kappa shape index (κ1) is 19.5. The van der Waals surface area contributed by atoms with E-state index < -0.39 is 13.6 Å². The second-order valence-corrected chi connectivity index (χ2v) is 9.71. The third-order valence-corrected chi connectivity index (χ3v) is 8.44. The fraction of sp³-hybridized carbons (Fsp3) is 0.125. The second kappa shape index (κ2) is 7.53. The number of hydrogen-bond acceptors (Lipinski definition) is 2. The number of fused-ring (bicyclic) bond motifs is 1. The third kappa shape index (κ3) is 3.28. The van der Waals surface area contributed by atoms with Crippen LogP contribution in [0.5, 0.6) is 0 Å².